The standard InChI is InChI=1S/C36H47N5O5/c1-3-4-10-22-40(41(35(44)27(2)37)26-28-15-17-30(42)18-16-28)34(43)21-25-39-23-19-31(20-24-39)46-36(45)38-33-14-9-8-13-32(33)29-11-6-5-7-12-29/h5-9,11-18,27,31,42H,3-4,10,19-26,37H2,1-2H3,(H,38,45)/t27-/m0/s1. The van der Waals surface area contributed by atoms with Crippen molar-refractivity contribution in [2.75, 3.05) is 31.5 Å². The summed E-state index contributed by atoms with van der Waals surface area (Å²) >= 11 is 0. The first-order valence-corrected chi connectivity index (χ1v) is 16.2. The molecule has 1 saturated heterocycles. The number of phenolic OH excluding ortho intramolecular Hbond substituents is 1. The van der Waals surface area contributed by atoms with Crippen molar-refractivity contribution in [3.8, 4) is 16.9 Å². The van der Waals surface area contributed by atoms with Gasteiger partial charge in [0.25, 0.3) is 5.91 Å². The molecule has 0 aliphatic carbocycles. The summed E-state index contributed by atoms with van der Waals surface area (Å²) in [6, 6.07) is 23.4. The fourth-order valence-electron chi connectivity index (χ4n) is 5.57. The summed E-state index contributed by atoms with van der Waals surface area (Å²) in [5.74, 6) is -0.341. The highest BCUT2D eigenvalue weighted by Gasteiger charge is 2.29. The van der Waals surface area contributed by atoms with Gasteiger partial charge in [-0.15, -0.1) is 0 Å². The van der Waals surface area contributed by atoms with Crippen LogP contribution in [0.1, 0.15) is 57.9 Å². The van der Waals surface area contributed by atoms with Gasteiger partial charge in [0, 0.05) is 38.2 Å². The normalized spacial score (nSPS) is 14.3. The van der Waals surface area contributed by atoms with Crippen LogP contribution in [0.5, 0.6) is 5.75 Å². The minimum absolute atomic E-state index is 0.132. The maximum absolute atomic E-state index is 13.7. The highest BCUT2D eigenvalue weighted by atomic mass is 16.6. The van der Waals surface area contributed by atoms with E-state index in [1.165, 1.54) is 5.01 Å². The van der Waals surface area contributed by atoms with E-state index in [0.717, 1.165) is 36.0 Å². The molecule has 1 aliphatic heterocycles. The average Bonchev–Trinajstić information content (AvgIpc) is 3.06. The number of amides is 3. The minimum Gasteiger partial charge on any atom is -0.508 e. The first kappa shape index (κ1) is 34.5. The van der Waals surface area contributed by atoms with Crippen molar-refractivity contribution in [2.24, 2.45) is 5.73 Å². The molecule has 0 radical (unpaired) electrons. The Bertz CT molecular complexity index is 1410. The molecule has 0 bridgehead atoms. The van der Waals surface area contributed by atoms with Crippen LogP contribution in [-0.2, 0) is 20.9 Å². The van der Waals surface area contributed by atoms with E-state index in [-0.39, 0.29) is 36.6 Å². The number of nitrogens with two attached hydrogens (primary N) is 1. The number of rotatable bonds is 13. The highest BCUT2D eigenvalue weighted by Crippen LogP contribution is 2.28. The number of anilines is 1. The number of hydrazine groups is 1. The van der Waals surface area contributed by atoms with Gasteiger partial charge in [-0.3, -0.25) is 19.9 Å². The molecule has 0 saturated carbocycles. The van der Waals surface area contributed by atoms with Gasteiger partial charge in [0.05, 0.1) is 18.3 Å². The average molecular weight is 630 g/mol. The second kappa shape index (κ2) is 17.3. The largest absolute Gasteiger partial charge is 0.508 e. The zero-order valence-corrected chi connectivity index (χ0v) is 26.9. The third-order valence-electron chi connectivity index (χ3n) is 8.16. The number of hydrogen-bond acceptors (Lipinski definition) is 7. The summed E-state index contributed by atoms with van der Waals surface area (Å²) in [6.07, 6.45) is 3.56. The summed E-state index contributed by atoms with van der Waals surface area (Å²) in [7, 11) is 0. The van der Waals surface area contributed by atoms with Crippen LogP contribution in [0.15, 0.2) is 78.9 Å². The Morgan fingerprint density at radius 2 is 1.63 bits per heavy atom. The Morgan fingerprint density at radius 3 is 2.30 bits per heavy atom. The molecule has 3 aromatic rings. The summed E-state index contributed by atoms with van der Waals surface area (Å²) < 4.78 is 5.77. The van der Waals surface area contributed by atoms with Crippen LogP contribution in [-0.4, -0.2) is 76.3 Å². The molecule has 3 aromatic carbocycles. The molecular weight excluding hydrogens is 582 g/mol. The molecule has 246 valence electrons. The number of nitrogens with zero attached hydrogens (tertiary/aromatic N) is 3. The molecule has 1 atom stereocenters. The zero-order valence-electron chi connectivity index (χ0n) is 26.9. The van der Waals surface area contributed by atoms with Gasteiger partial charge in [-0.1, -0.05) is 80.4 Å². The van der Waals surface area contributed by atoms with E-state index in [9.17, 15) is 19.5 Å². The summed E-state index contributed by atoms with van der Waals surface area (Å²) in [4.78, 5) is 41.9. The maximum atomic E-state index is 13.7. The molecule has 46 heavy (non-hydrogen) atoms. The van der Waals surface area contributed by atoms with Crippen molar-refractivity contribution >= 4 is 23.6 Å². The lowest BCUT2D eigenvalue weighted by atomic mass is 10.0. The fourth-order valence-corrected chi connectivity index (χ4v) is 5.57. The summed E-state index contributed by atoms with van der Waals surface area (Å²) in [5.41, 5.74) is 9.42. The Morgan fingerprint density at radius 1 is 0.957 bits per heavy atom. The van der Waals surface area contributed by atoms with Crippen molar-refractivity contribution in [1.82, 2.24) is 14.9 Å². The van der Waals surface area contributed by atoms with Crippen molar-refractivity contribution in [3.63, 3.8) is 0 Å². The van der Waals surface area contributed by atoms with Gasteiger partial charge < -0.3 is 20.5 Å². The van der Waals surface area contributed by atoms with Crippen molar-refractivity contribution in [2.45, 2.75) is 71.1 Å². The number of hydrogen-bond donors (Lipinski definition) is 3. The number of para-hydroxylation sites is 1. The summed E-state index contributed by atoms with van der Waals surface area (Å²) in [6.45, 7) is 6.23. The molecule has 10 nitrogen and oxygen atoms in total. The monoisotopic (exact) mass is 629 g/mol. The van der Waals surface area contributed by atoms with Crippen molar-refractivity contribution in [1.29, 1.82) is 0 Å². The number of unbranched alkanes of at least 4 members (excludes halogenated alkanes) is 2. The van der Waals surface area contributed by atoms with E-state index in [2.05, 4.69) is 17.1 Å². The number of nitrogens with one attached hydrogen (secondary N) is 1. The van der Waals surface area contributed by atoms with E-state index in [1.807, 2.05) is 54.6 Å². The first-order valence-electron chi connectivity index (χ1n) is 16.2. The molecule has 1 fully saturated rings. The predicted octanol–water partition coefficient (Wildman–Crippen LogP) is 5.77. The third kappa shape index (κ3) is 10.1. The van der Waals surface area contributed by atoms with E-state index < -0.39 is 12.1 Å². The van der Waals surface area contributed by atoms with Gasteiger partial charge in [0.1, 0.15) is 11.9 Å². The quantitative estimate of drug-likeness (QED) is 0.162. The molecule has 1 aliphatic rings. The highest BCUT2D eigenvalue weighted by molar-refractivity contribution is 5.91. The number of carbonyl (C=O) groups excluding carboxylic acids is 3. The van der Waals surface area contributed by atoms with Crippen LogP contribution in [0, 0.1) is 0 Å². The number of aromatic hydroxyl groups is 1. The minimum atomic E-state index is -0.776. The molecule has 1 heterocycles. The second-order valence-electron chi connectivity index (χ2n) is 11.8. The van der Waals surface area contributed by atoms with Gasteiger partial charge in [-0.2, -0.15) is 0 Å². The first-order chi connectivity index (χ1) is 22.2. The summed E-state index contributed by atoms with van der Waals surface area (Å²) in [5, 5.41) is 15.6. The molecule has 10 heteroatoms. The van der Waals surface area contributed by atoms with E-state index in [4.69, 9.17) is 10.5 Å². The molecular formula is C36H47N5O5. The van der Waals surface area contributed by atoms with Gasteiger partial charge in [-0.25, -0.2) is 9.80 Å². The van der Waals surface area contributed by atoms with Gasteiger partial charge >= 0.3 is 6.09 Å². The number of carbonyl (C=O) groups is 3. The lowest BCUT2D eigenvalue weighted by Gasteiger charge is -2.37. The smallest absolute Gasteiger partial charge is 0.411 e. The van der Waals surface area contributed by atoms with Crippen LogP contribution in [0.2, 0.25) is 0 Å². The molecule has 3 amide bonds. The van der Waals surface area contributed by atoms with Crippen LogP contribution in [0.3, 0.4) is 0 Å². The molecule has 4 rings (SSSR count). The SMILES string of the molecule is CCCCCN(C(=O)CCN1CCC(OC(=O)Nc2ccccc2-c2ccccc2)CC1)N(Cc1ccc(O)cc1)C(=O)[C@H](C)N. The number of benzene rings is 3. The number of piperidine rings is 1. The van der Waals surface area contributed by atoms with Crippen LogP contribution in [0.4, 0.5) is 10.5 Å². The van der Waals surface area contributed by atoms with Gasteiger partial charge in [0.2, 0.25) is 5.91 Å². The molecule has 4 N–H and O–H groups in total. The maximum Gasteiger partial charge on any atom is 0.411 e. The van der Waals surface area contributed by atoms with Crippen molar-refractivity contribution in [3.05, 3.63) is 84.4 Å². The van der Waals surface area contributed by atoms with Crippen LogP contribution < -0.4 is 11.1 Å². The van der Waals surface area contributed by atoms with Crippen LogP contribution in [0.25, 0.3) is 11.1 Å². The number of likely N-dealkylation sites (tertiary alicyclic amines) is 1. The zero-order chi connectivity index (χ0) is 32.9. The molecule has 0 spiro atoms. The Kier molecular flexibility index (Phi) is 13.0. The van der Waals surface area contributed by atoms with Gasteiger partial charge in [0.15, 0.2) is 0 Å². The van der Waals surface area contributed by atoms with Crippen LogP contribution >= 0.6 is 0 Å². The fraction of sp³-hybridized carbons (Fsp3) is 0.417. The predicted molar refractivity (Wildman–Crippen MR) is 180 cm³/mol. The van der Waals surface area contributed by atoms with E-state index in [0.29, 0.717) is 44.7 Å². The second-order valence-corrected chi connectivity index (χ2v) is 11.8. The van der Waals surface area contributed by atoms with Crippen molar-refractivity contribution < 1.29 is 24.2 Å². The number of phenols is 1. The molecule has 0 unspecified atom stereocenters. The number of ether oxygens (including phenoxy) is 1. The van der Waals surface area contributed by atoms with Gasteiger partial charge in [-0.05, 0) is 55.5 Å². The Labute approximate surface area is 272 Å². The molecule has 0 aromatic heterocycles. The van der Waals surface area contributed by atoms with E-state index >= 15 is 0 Å². The topological polar surface area (TPSA) is 128 Å². The third-order valence-corrected chi connectivity index (χ3v) is 8.16. The lowest BCUT2D eigenvalue weighted by Crippen LogP contribution is -2.54. The van der Waals surface area contributed by atoms with E-state index in [1.54, 1.807) is 36.2 Å². The Hall–Kier alpha value is -4.41. The Balaban J connectivity index is 1.31. The lowest BCUT2D eigenvalue weighted by molar-refractivity contribution is -0.166.